The van der Waals surface area contributed by atoms with Gasteiger partial charge in [-0.25, -0.2) is 0 Å². The smallest absolute Gasteiger partial charge is 0.244 e. The molecule has 2 amide bonds. The Morgan fingerprint density at radius 1 is 1.64 bits per heavy atom. The number of rotatable bonds is 4. The molecule has 0 radical (unpaired) electrons. The van der Waals surface area contributed by atoms with E-state index in [-0.39, 0.29) is 24.3 Å². The summed E-state index contributed by atoms with van der Waals surface area (Å²) in [5, 5.41) is 5.17. The Hall–Kier alpha value is -0.750. The average molecular weight is 218 g/mol. The standard InChI is InChI=1S/C8H14N2O3S/c1-5(4-14(2)13)9-6-3-7(11)10-8(6)12/h5-6,9H,3-4H2,1-2H3,(H,10,11,12). The Morgan fingerprint density at radius 3 is 2.71 bits per heavy atom. The number of carbonyl (C=O) groups is 2. The van der Waals surface area contributed by atoms with Gasteiger partial charge in [-0.05, 0) is 6.92 Å². The van der Waals surface area contributed by atoms with Crippen LogP contribution in [0.15, 0.2) is 0 Å². The first-order valence-corrected chi connectivity index (χ1v) is 6.11. The molecular formula is C8H14N2O3S. The van der Waals surface area contributed by atoms with Crippen molar-refractivity contribution >= 4 is 22.6 Å². The van der Waals surface area contributed by atoms with Crippen LogP contribution < -0.4 is 10.6 Å². The molecule has 0 aliphatic carbocycles. The highest BCUT2D eigenvalue weighted by atomic mass is 32.2. The van der Waals surface area contributed by atoms with E-state index < -0.39 is 16.8 Å². The van der Waals surface area contributed by atoms with E-state index in [0.717, 1.165) is 0 Å². The highest BCUT2D eigenvalue weighted by Gasteiger charge is 2.31. The summed E-state index contributed by atoms with van der Waals surface area (Å²) in [5.41, 5.74) is 0. The normalized spacial score (nSPS) is 26.0. The summed E-state index contributed by atoms with van der Waals surface area (Å²) in [5.74, 6) is -0.0566. The SMILES string of the molecule is CC(CS(C)=O)NC1CC(=O)NC1=O. The maximum absolute atomic E-state index is 11.1. The van der Waals surface area contributed by atoms with Crippen LogP contribution in [0.2, 0.25) is 0 Å². The van der Waals surface area contributed by atoms with E-state index in [9.17, 15) is 13.8 Å². The second-order valence-electron chi connectivity index (χ2n) is 3.48. The predicted molar refractivity (Wildman–Crippen MR) is 53.1 cm³/mol. The van der Waals surface area contributed by atoms with Crippen molar-refractivity contribution in [3.8, 4) is 0 Å². The fourth-order valence-corrected chi connectivity index (χ4v) is 2.23. The van der Waals surface area contributed by atoms with Gasteiger partial charge in [0.1, 0.15) is 0 Å². The summed E-state index contributed by atoms with van der Waals surface area (Å²) in [4.78, 5) is 22.0. The van der Waals surface area contributed by atoms with Gasteiger partial charge in [-0.1, -0.05) is 0 Å². The molecule has 0 spiro atoms. The molecule has 3 unspecified atom stereocenters. The minimum atomic E-state index is -0.895. The van der Waals surface area contributed by atoms with Crippen LogP contribution in [0.25, 0.3) is 0 Å². The molecule has 1 heterocycles. The highest BCUT2D eigenvalue weighted by Crippen LogP contribution is 2.02. The number of hydrogen-bond acceptors (Lipinski definition) is 4. The van der Waals surface area contributed by atoms with Gasteiger partial charge in [0, 0.05) is 28.9 Å². The van der Waals surface area contributed by atoms with Crippen molar-refractivity contribution in [2.24, 2.45) is 0 Å². The van der Waals surface area contributed by atoms with Gasteiger partial charge < -0.3 is 5.32 Å². The monoisotopic (exact) mass is 218 g/mol. The molecule has 0 saturated carbocycles. The summed E-state index contributed by atoms with van der Waals surface area (Å²) in [6, 6.07) is -0.483. The van der Waals surface area contributed by atoms with Crippen molar-refractivity contribution in [3.63, 3.8) is 0 Å². The van der Waals surface area contributed by atoms with Crippen LogP contribution in [0.5, 0.6) is 0 Å². The van der Waals surface area contributed by atoms with Gasteiger partial charge in [0.25, 0.3) is 0 Å². The van der Waals surface area contributed by atoms with Gasteiger partial charge in [0.15, 0.2) is 0 Å². The fourth-order valence-electron chi connectivity index (χ4n) is 1.43. The first-order valence-electron chi connectivity index (χ1n) is 4.39. The molecule has 5 nitrogen and oxygen atoms in total. The van der Waals surface area contributed by atoms with Crippen LogP contribution in [0.1, 0.15) is 13.3 Å². The van der Waals surface area contributed by atoms with E-state index >= 15 is 0 Å². The van der Waals surface area contributed by atoms with E-state index in [0.29, 0.717) is 5.75 Å². The van der Waals surface area contributed by atoms with Gasteiger partial charge in [-0.15, -0.1) is 0 Å². The summed E-state index contributed by atoms with van der Waals surface area (Å²) < 4.78 is 10.9. The number of nitrogens with one attached hydrogen (secondary N) is 2. The van der Waals surface area contributed by atoms with E-state index in [1.165, 1.54) is 0 Å². The lowest BCUT2D eigenvalue weighted by Gasteiger charge is -2.15. The van der Waals surface area contributed by atoms with Crippen LogP contribution in [0, 0.1) is 0 Å². The van der Waals surface area contributed by atoms with Crippen LogP contribution in [-0.2, 0) is 20.4 Å². The molecule has 0 aromatic rings. The van der Waals surface area contributed by atoms with E-state index in [1.807, 2.05) is 6.92 Å². The molecule has 2 N–H and O–H groups in total. The van der Waals surface area contributed by atoms with Crippen molar-refractivity contribution in [2.75, 3.05) is 12.0 Å². The largest absolute Gasteiger partial charge is 0.302 e. The molecule has 1 aliphatic heterocycles. The molecule has 0 aromatic heterocycles. The van der Waals surface area contributed by atoms with Gasteiger partial charge in [0.05, 0.1) is 12.5 Å². The lowest BCUT2D eigenvalue weighted by molar-refractivity contribution is -0.125. The molecule has 0 aromatic carbocycles. The first-order chi connectivity index (χ1) is 6.49. The lowest BCUT2D eigenvalue weighted by atomic mass is 10.2. The van der Waals surface area contributed by atoms with Crippen molar-refractivity contribution in [1.29, 1.82) is 0 Å². The maximum atomic E-state index is 11.1. The first kappa shape index (κ1) is 11.3. The molecule has 0 bridgehead atoms. The van der Waals surface area contributed by atoms with Gasteiger partial charge in [0.2, 0.25) is 11.8 Å². The number of hydrogen-bond donors (Lipinski definition) is 2. The zero-order valence-corrected chi connectivity index (χ0v) is 9.02. The lowest BCUT2D eigenvalue weighted by Crippen LogP contribution is -2.43. The molecule has 14 heavy (non-hydrogen) atoms. The molecule has 80 valence electrons. The summed E-state index contributed by atoms with van der Waals surface area (Å²) in [7, 11) is -0.895. The zero-order chi connectivity index (χ0) is 10.7. The Kier molecular flexibility index (Phi) is 3.77. The second-order valence-corrected chi connectivity index (χ2v) is 4.96. The summed E-state index contributed by atoms with van der Waals surface area (Å²) in [6.45, 7) is 1.84. The quantitative estimate of drug-likeness (QED) is 0.579. The third-order valence-electron chi connectivity index (χ3n) is 1.94. The number of carbonyl (C=O) groups excluding carboxylic acids is 2. The van der Waals surface area contributed by atoms with Crippen LogP contribution in [0.4, 0.5) is 0 Å². The maximum Gasteiger partial charge on any atom is 0.244 e. The van der Waals surface area contributed by atoms with Crippen molar-refractivity contribution in [3.05, 3.63) is 0 Å². The molecule has 1 fully saturated rings. The Balaban J connectivity index is 2.40. The van der Waals surface area contributed by atoms with Crippen molar-refractivity contribution in [2.45, 2.75) is 25.4 Å². The average Bonchev–Trinajstić information content (AvgIpc) is 2.28. The van der Waals surface area contributed by atoms with E-state index in [4.69, 9.17) is 0 Å². The van der Waals surface area contributed by atoms with Gasteiger partial charge in [-0.2, -0.15) is 0 Å². The van der Waals surface area contributed by atoms with Crippen LogP contribution in [-0.4, -0.2) is 40.1 Å². The third kappa shape index (κ3) is 3.19. The second kappa shape index (κ2) is 4.65. The fraction of sp³-hybridized carbons (Fsp3) is 0.750. The molecule has 1 rings (SSSR count). The van der Waals surface area contributed by atoms with Crippen LogP contribution >= 0.6 is 0 Å². The topological polar surface area (TPSA) is 75.3 Å². The van der Waals surface area contributed by atoms with E-state index in [1.54, 1.807) is 6.26 Å². The molecule has 3 atom stereocenters. The predicted octanol–water partition coefficient (Wildman–Crippen LogP) is -1.24. The third-order valence-corrected chi connectivity index (χ3v) is 2.91. The minimum absolute atomic E-state index is 0.0255. The highest BCUT2D eigenvalue weighted by molar-refractivity contribution is 7.84. The van der Waals surface area contributed by atoms with Gasteiger partial charge >= 0.3 is 0 Å². The van der Waals surface area contributed by atoms with Crippen LogP contribution in [0.3, 0.4) is 0 Å². The molecular weight excluding hydrogens is 204 g/mol. The molecule has 1 saturated heterocycles. The minimum Gasteiger partial charge on any atom is -0.302 e. The van der Waals surface area contributed by atoms with Crippen molar-refractivity contribution in [1.82, 2.24) is 10.6 Å². The Morgan fingerprint density at radius 2 is 2.29 bits per heavy atom. The van der Waals surface area contributed by atoms with Gasteiger partial charge in [-0.3, -0.25) is 19.1 Å². The summed E-state index contributed by atoms with van der Waals surface area (Å²) in [6.07, 6.45) is 1.79. The number of imide groups is 1. The van der Waals surface area contributed by atoms with E-state index in [2.05, 4.69) is 10.6 Å². The number of amides is 2. The Bertz CT molecular complexity index is 280. The molecule has 1 aliphatic rings. The van der Waals surface area contributed by atoms with Crippen molar-refractivity contribution < 1.29 is 13.8 Å². The Labute approximate surface area is 85.1 Å². The zero-order valence-electron chi connectivity index (χ0n) is 8.20. The summed E-state index contributed by atoms with van der Waals surface area (Å²) >= 11 is 0. The molecule has 6 heteroatoms.